The van der Waals surface area contributed by atoms with Crippen LogP contribution in [0.4, 0.5) is 10.6 Å². The van der Waals surface area contributed by atoms with Crippen LogP contribution in [0, 0.1) is 0 Å². The van der Waals surface area contributed by atoms with Crippen LogP contribution in [-0.2, 0) is 9.47 Å². The van der Waals surface area contributed by atoms with E-state index in [9.17, 15) is 9.59 Å². The molecule has 0 spiro atoms. The first-order valence-corrected chi connectivity index (χ1v) is 6.65. The highest BCUT2D eigenvalue weighted by molar-refractivity contribution is 9.10. The molecule has 20 heavy (non-hydrogen) atoms. The van der Waals surface area contributed by atoms with Crippen molar-refractivity contribution in [1.82, 2.24) is 4.98 Å². The van der Waals surface area contributed by atoms with Gasteiger partial charge in [0.25, 0.3) is 0 Å². The highest BCUT2D eigenvalue weighted by Crippen LogP contribution is 2.22. The lowest BCUT2D eigenvalue weighted by Gasteiger charge is -2.24. The molecule has 0 aliphatic carbocycles. The highest BCUT2D eigenvalue weighted by atomic mass is 79.9. The molecule has 0 fully saturated rings. The van der Waals surface area contributed by atoms with E-state index in [0.29, 0.717) is 10.3 Å². The van der Waals surface area contributed by atoms with Gasteiger partial charge in [-0.2, -0.15) is 0 Å². The molecular weight excluding hydrogens is 328 g/mol. The molecule has 1 aromatic heterocycles. The lowest BCUT2D eigenvalue weighted by atomic mass is 10.2. The molecule has 6 nitrogen and oxygen atoms in total. The summed E-state index contributed by atoms with van der Waals surface area (Å²) >= 11 is 3.21. The summed E-state index contributed by atoms with van der Waals surface area (Å²) in [4.78, 5) is 28.8. The van der Waals surface area contributed by atoms with Gasteiger partial charge in [-0.1, -0.05) is 0 Å². The van der Waals surface area contributed by atoms with Gasteiger partial charge < -0.3 is 9.47 Å². The van der Waals surface area contributed by atoms with Crippen molar-refractivity contribution in [1.29, 1.82) is 0 Å². The van der Waals surface area contributed by atoms with Gasteiger partial charge in [-0.3, -0.25) is 4.90 Å². The average Bonchev–Trinajstić information content (AvgIpc) is 2.35. The Balaban J connectivity index is 3.02. The molecule has 0 atom stereocenters. The minimum Gasteiger partial charge on any atom is -0.465 e. The Morgan fingerprint density at radius 2 is 1.95 bits per heavy atom. The van der Waals surface area contributed by atoms with E-state index in [4.69, 9.17) is 4.74 Å². The summed E-state index contributed by atoms with van der Waals surface area (Å²) in [6.45, 7) is 5.31. The maximum Gasteiger partial charge on any atom is 0.415 e. The lowest BCUT2D eigenvalue weighted by molar-refractivity contribution is 0.0578. The van der Waals surface area contributed by atoms with E-state index in [0.717, 1.165) is 0 Å². The SMILES string of the molecule is COC(=O)c1cc(N(C)C(=O)OC(C)(C)C)ncc1Br. The third-order valence-electron chi connectivity index (χ3n) is 2.26. The van der Waals surface area contributed by atoms with Crippen molar-refractivity contribution in [2.45, 2.75) is 26.4 Å². The van der Waals surface area contributed by atoms with Crippen molar-refractivity contribution in [2.24, 2.45) is 0 Å². The topological polar surface area (TPSA) is 68.7 Å². The number of halogens is 1. The third-order valence-corrected chi connectivity index (χ3v) is 2.89. The number of pyridine rings is 1. The Kier molecular flexibility index (Phi) is 5.10. The first kappa shape index (κ1) is 16.4. The Hall–Kier alpha value is -1.63. The van der Waals surface area contributed by atoms with Crippen LogP contribution in [-0.4, -0.2) is 36.8 Å². The predicted octanol–water partition coefficient (Wildman–Crippen LogP) is 3.00. The van der Waals surface area contributed by atoms with Crippen LogP contribution in [0.25, 0.3) is 0 Å². The number of nitrogens with zero attached hydrogens (tertiary/aromatic N) is 2. The second kappa shape index (κ2) is 6.21. The van der Waals surface area contributed by atoms with Crippen molar-refractivity contribution < 1.29 is 19.1 Å². The van der Waals surface area contributed by atoms with Crippen LogP contribution in [0.2, 0.25) is 0 Å². The summed E-state index contributed by atoms with van der Waals surface area (Å²) in [5.41, 5.74) is -0.320. The number of methoxy groups -OCH3 is 1. The molecule has 1 rings (SSSR count). The fourth-order valence-corrected chi connectivity index (χ4v) is 1.68. The fourth-order valence-electron chi connectivity index (χ4n) is 1.30. The first-order chi connectivity index (χ1) is 9.15. The van der Waals surface area contributed by atoms with Gasteiger partial charge in [-0.15, -0.1) is 0 Å². The van der Waals surface area contributed by atoms with E-state index in [2.05, 4.69) is 25.7 Å². The number of hydrogen-bond donors (Lipinski definition) is 0. The molecule has 1 amide bonds. The smallest absolute Gasteiger partial charge is 0.415 e. The maximum atomic E-state index is 11.9. The van der Waals surface area contributed by atoms with Gasteiger partial charge in [-0.05, 0) is 42.8 Å². The molecule has 0 radical (unpaired) electrons. The monoisotopic (exact) mass is 344 g/mol. The second-order valence-electron chi connectivity index (χ2n) is 5.05. The minimum absolute atomic E-state index is 0.285. The Labute approximate surface area is 126 Å². The van der Waals surface area contributed by atoms with Gasteiger partial charge in [0, 0.05) is 13.2 Å². The molecule has 0 bridgehead atoms. The molecule has 0 aromatic carbocycles. The maximum absolute atomic E-state index is 11.9. The van der Waals surface area contributed by atoms with E-state index in [1.54, 1.807) is 20.8 Å². The summed E-state index contributed by atoms with van der Waals surface area (Å²) in [7, 11) is 2.80. The molecule has 0 saturated heterocycles. The Morgan fingerprint density at radius 3 is 2.45 bits per heavy atom. The molecule has 0 unspecified atom stereocenters. The van der Waals surface area contributed by atoms with E-state index in [-0.39, 0.29) is 5.56 Å². The van der Waals surface area contributed by atoms with E-state index >= 15 is 0 Å². The highest BCUT2D eigenvalue weighted by Gasteiger charge is 2.22. The Morgan fingerprint density at radius 1 is 1.35 bits per heavy atom. The molecule has 0 aliphatic heterocycles. The van der Waals surface area contributed by atoms with Crippen LogP contribution in [0.1, 0.15) is 31.1 Å². The van der Waals surface area contributed by atoms with Crippen molar-refractivity contribution >= 4 is 33.8 Å². The van der Waals surface area contributed by atoms with Crippen molar-refractivity contribution in [2.75, 3.05) is 19.1 Å². The average molecular weight is 345 g/mol. The molecule has 0 aliphatic rings. The second-order valence-corrected chi connectivity index (χ2v) is 5.91. The fraction of sp³-hybridized carbons (Fsp3) is 0.462. The van der Waals surface area contributed by atoms with Crippen molar-refractivity contribution in [3.8, 4) is 0 Å². The standard InChI is InChI=1S/C13H17BrN2O4/c1-13(2,3)20-12(18)16(4)10-6-8(11(17)19-5)9(14)7-15-10/h6-7H,1-5H3. The summed E-state index contributed by atoms with van der Waals surface area (Å²) in [6, 6.07) is 1.46. The number of hydrogen-bond acceptors (Lipinski definition) is 5. The minimum atomic E-state index is -0.605. The van der Waals surface area contributed by atoms with Gasteiger partial charge in [0.15, 0.2) is 0 Å². The number of carbonyl (C=O) groups excluding carboxylic acids is 2. The predicted molar refractivity (Wildman–Crippen MR) is 77.9 cm³/mol. The molecule has 1 aromatic rings. The quantitative estimate of drug-likeness (QED) is 0.771. The van der Waals surface area contributed by atoms with Crippen LogP contribution < -0.4 is 4.90 Å². The number of anilines is 1. The normalized spacial score (nSPS) is 10.9. The molecule has 110 valence electrons. The summed E-state index contributed by atoms with van der Waals surface area (Å²) in [5.74, 6) is -0.221. The van der Waals surface area contributed by atoms with Gasteiger partial charge in [-0.25, -0.2) is 14.6 Å². The van der Waals surface area contributed by atoms with E-state index in [1.165, 1.54) is 31.3 Å². The number of rotatable bonds is 2. The summed E-state index contributed by atoms with van der Waals surface area (Å²) in [6.07, 6.45) is 0.880. The summed E-state index contributed by atoms with van der Waals surface area (Å²) < 4.78 is 10.4. The molecule has 0 saturated carbocycles. The van der Waals surface area contributed by atoms with Gasteiger partial charge in [0.1, 0.15) is 11.4 Å². The molecule has 0 N–H and O–H groups in total. The van der Waals surface area contributed by atoms with Crippen LogP contribution in [0.15, 0.2) is 16.7 Å². The van der Waals surface area contributed by atoms with Crippen LogP contribution in [0.5, 0.6) is 0 Å². The third kappa shape index (κ3) is 4.19. The zero-order chi connectivity index (χ0) is 15.5. The zero-order valence-corrected chi connectivity index (χ0v) is 13.6. The first-order valence-electron chi connectivity index (χ1n) is 5.86. The van der Waals surface area contributed by atoms with Gasteiger partial charge in [0.05, 0.1) is 17.1 Å². The number of aromatic nitrogens is 1. The van der Waals surface area contributed by atoms with Crippen molar-refractivity contribution in [3.05, 3.63) is 22.3 Å². The van der Waals surface area contributed by atoms with Crippen LogP contribution >= 0.6 is 15.9 Å². The molecule has 7 heteroatoms. The van der Waals surface area contributed by atoms with E-state index < -0.39 is 17.7 Å². The Bertz CT molecular complexity index is 526. The lowest BCUT2D eigenvalue weighted by Crippen LogP contribution is -2.34. The number of ether oxygens (including phenoxy) is 2. The van der Waals surface area contributed by atoms with Gasteiger partial charge >= 0.3 is 12.1 Å². The van der Waals surface area contributed by atoms with Gasteiger partial charge in [0.2, 0.25) is 0 Å². The number of amides is 1. The largest absolute Gasteiger partial charge is 0.465 e. The number of carbonyl (C=O) groups is 2. The van der Waals surface area contributed by atoms with Crippen LogP contribution in [0.3, 0.4) is 0 Å². The van der Waals surface area contributed by atoms with E-state index in [1.807, 2.05) is 0 Å². The molecular formula is C13H17BrN2O4. The zero-order valence-electron chi connectivity index (χ0n) is 12.1. The molecule has 1 heterocycles. The summed E-state index contributed by atoms with van der Waals surface area (Å²) in [5, 5.41) is 0. The number of esters is 1. The van der Waals surface area contributed by atoms with Crippen molar-refractivity contribution in [3.63, 3.8) is 0 Å².